The average Bonchev–Trinajstić information content (AvgIpc) is 2.79. The number of likely N-dealkylation sites (tertiary alicyclic amines) is 1. The highest BCUT2D eigenvalue weighted by atomic mass is 32.2. The van der Waals surface area contributed by atoms with Crippen molar-refractivity contribution in [2.24, 2.45) is 10.9 Å². The quantitative estimate of drug-likeness (QED) is 0.843. The highest BCUT2D eigenvalue weighted by molar-refractivity contribution is 8.01. The van der Waals surface area contributed by atoms with E-state index in [9.17, 15) is 4.79 Å². The van der Waals surface area contributed by atoms with Crippen LogP contribution in [0.1, 0.15) is 12.5 Å². The van der Waals surface area contributed by atoms with Gasteiger partial charge in [0.2, 0.25) is 5.91 Å². The summed E-state index contributed by atoms with van der Waals surface area (Å²) in [7, 11) is 0. The molecule has 0 saturated carbocycles. The minimum Gasteiger partial charge on any atom is -0.295 e. The van der Waals surface area contributed by atoms with Gasteiger partial charge in [-0.05, 0) is 17.7 Å². The second-order valence-corrected chi connectivity index (χ2v) is 6.86. The van der Waals surface area contributed by atoms with Gasteiger partial charge < -0.3 is 0 Å². The third-order valence-corrected chi connectivity index (χ3v) is 5.65. The van der Waals surface area contributed by atoms with Crippen molar-refractivity contribution in [1.29, 1.82) is 0 Å². The van der Waals surface area contributed by atoms with Crippen LogP contribution in [0.3, 0.4) is 0 Å². The highest BCUT2D eigenvalue weighted by Crippen LogP contribution is 2.44. The number of fused-ring (bicyclic) bond motifs is 2. The first kappa shape index (κ1) is 13.6. The van der Waals surface area contributed by atoms with E-state index in [2.05, 4.69) is 18.2 Å². The first-order valence-electron chi connectivity index (χ1n) is 7.43. The Morgan fingerprint density at radius 3 is 2.64 bits per heavy atom. The largest absolute Gasteiger partial charge is 0.295 e. The lowest BCUT2D eigenvalue weighted by Gasteiger charge is -2.23. The van der Waals surface area contributed by atoms with E-state index in [0.717, 1.165) is 22.0 Å². The van der Waals surface area contributed by atoms with Gasteiger partial charge in [0.1, 0.15) is 5.84 Å². The normalized spacial score (nSPS) is 23.0. The molecule has 0 unspecified atom stereocenters. The standard InChI is InChI=1S/C18H16N2OS/c1-12-16-17(19-14-9-5-6-10-15(14)22-16)20(18(12)21)11-13-7-3-2-4-8-13/h2-10,12,16H,11H2,1H3/t12-,16+/m0/s1. The van der Waals surface area contributed by atoms with Gasteiger partial charge in [0.25, 0.3) is 0 Å². The number of carbonyl (C=O) groups excluding carboxylic acids is 1. The fraction of sp³-hybridized carbons (Fsp3) is 0.222. The van der Waals surface area contributed by atoms with Gasteiger partial charge in [-0.15, -0.1) is 11.8 Å². The van der Waals surface area contributed by atoms with Gasteiger partial charge in [0, 0.05) is 4.90 Å². The molecule has 1 fully saturated rings. The van der Waals surface area contributed by atoms with Crippen LogP contribution in [0.15, 0.2) is 64.5 Å². The molecule has 22 heavy (non-hydrogen) atoms. The molecule has 0 spiro atoms. The van der Waals surface area contributed by atoms with Crippen LogP contribution in [0.25, 0.3) is 0 Å². The van der Waals surface area contributed by atoms with E-state index in [1.54, 1.807) is 11.8 Å². The van der Waals surface area contributed by atoms with Gasteiger partial charge in [-0.1, -0.05) is 49.4 Å². The summed E-state index contributed by atoms with van der Waals surface area (Å²) in [5.74, 6) is 1.05. The van der Waals surface area contributed by atoms with Crippen LogP contribution in [-0.4, -0.2) is 21.9 Å². The van der Waals surface area contributed by atoms with Gasteiger partial charge in [0.05, 0.1) is 23.4 Å². The summed E-state index contributed by atoms with van der Waals surface area (Å²) >= 11 is 1.76. The van der Waals surface area contributed by atoms with Gasteiger partial charge in [-0.3, -0.25) is 9.69 Å². The van der Waals surface area contributed by atoms with E-state index in [4.69, 9.17) is 4.99 Å². The predicted octanol–water partition coefficient (Wildman–Crippen LogP) is 3.87. The van der Waals surface area contributed by atoms with Crippen molar-refractivity contribution < 1.29 is 4.79 Å². The van der Waals surface area contributed by atoms with E-state index < -0.39 is 0 Å². The molecule has 0 bridgehead atoms. The Hall–Kier alpha value is -2.07. The summed E-state index contributed by atoms with van der Waals surface area (Å²) in [5, 5.41) is 0.131. The van der Waals surface area contributed by atoms with Crippen LogP contribution in [0.4, 0.5) is 5.69 Å². The summed E-state index contributed by atoms with van der Waals surface area (Å²) in [5.41, 5.74) is 2.11. The zero-order chi connectivity index (χ0) is 15.1. The number of hydrogen-bond acceptors (Lipinski definition) is 3. The van der Waals surface area contributed by atoms with E-state index in [1.165, 1.54) is 0 Å². The third kappa shape index (κ3) is 2.15. The molecule has 0 N–H and O–H groups in total. The Kier molecular flexibility index (Phi) is 3.26. The summed E-state index contributed by atoms with van der Waals surface area (Å²) in [6, 6.07) is 18.2. The highest BCUT2D eigenvalue weighted by Gasteiger charge is 2.45. The molecule has 2 aromatic carbocycles. The third-order valence-electron chi connectivity index (χ3n) is 4.18. The minimum atomic E-state index is -0.0270. The van der Waals surface area contributed by atoms with Crippen molar-refractivity contribution in [3.05, 3.63) is 60.2 Å². The van der Waals surface area contributed by atoms with Gasteiger partial charge in [0.15, 0.2) is 0 Å². The monoisotopic (exact) mass is 308 g/mol. The molecule has 0 aliphatic carbocycles. The average molecular weight is 308 g/mol. The van der Waals surface area contributed by atoms with Crippen LogP contribution in [-0.2, 0) is 11.3 Å². The Labute approximate surface area is 134 Å². The molecule has 2 aliphatic rings. The molecule has 2 heterocycles. The number of nitrogens with zero attached hydrogens (tertiary/aromatic N) is 2. The molecule has 0 radical (unpaired) electrons. The zero-order valence-corrected chi connectivity index (χ0v) is 13.1. The Morgan fingerprint density at radius 2 is 1.82 bits per heavy atom. The Morgan fingerprint density at radius 1 is 1.09 bits per heavy atom. The second kappa shape index (κ2) is 5.29. The summed E-state index contributed by atoms with van der Waals surface area (Å²) < 4.78 is 0. The number of amidine groups is 1. The molecular formula is C18H16N2OS. The van der Waals surface area contributed by atoms with Crippen LogP contribution in [0.2, 0.25) is 0 Å². The number of carbonyl (C=O) groups is 1. The number of thioether (sulfide) groups is 1. The number of benzene rings is 2. The smallest absolute Gasteiger partial charge is 0.232 e. The fourth-order valence-electron chi connectivity index (χ4n) is 2.98. The Balaban J connectivity index is 1.73. The van der Waals surface area contributed by atoms with Crippen LogP contribution in [0.5, 0.6) is 0 Å². The summed E-state index contributed by atoms with van der Waals surface area (Å²) in [6.07, 6.45) is 0. The van der Waals surface area contributed by atoms with Crippen molar-refractivity contribution >= 4 is 29.2 Å². The maximum Gasteiger partial charge on any atom is 0.232 e. The molecule has 110 valence electrons. The maximum atomic E-state index is 12.7. The van der Waals surface area contributed by atoms with Crippen molar-refractivity contribution in [2.75, 3.05) is 0 Å². The number of hydrogen-bond donors (Lipinski definition) is 0. The first-order chi connectivity index (χ1) is 10.7. The lowest BCUT2D eigenvalue weighted by Crippen LogP contribution is -2.31. The van der Waals surface area contributed by atoms with E-state index in [-0.39, 0.29) is 17.1 Å². The van der Waals surface area contributed by atoms with Crippen molar-refractivity contribution in [1.82, 2.24) is 4.90 Å². The molecule has 2 aliphatic heterocycles. The molecule has 4 heteroatoms. The number of rotatable bonds is 2. The zero-order valence-electron chi connectivity index (χ0n) is 12.3. The molecule has 1 saturated heterocycles. The molecule has 1 amide bonds. The molecule has 3 nitrogen and oxygen atoms in total. The van der Waals surface area contributed by atoms with Crippen LogP contribution >= 0.6 is 11.8 Å². The van der Waals surface area contributed by atoms with Gasteiger partial charge >= 0.3 is 0 Å². The van der Waals surface area contributed by atoms with Gasteiger partial charge in [-0.2, -0.15) is 0 Å². The summed E-state index contributed by atoms with van der Waals surface area (Å²) in [6.45, 7) is 2.61. The fourth-order valence-corrected chi connectivity index (χ4v) is 4.25. The van der Waals surface area contributed by atoms with Crippen LogP contribution < -0.4 is 0 Å². The lowest BCUT2D eigenvalue weighted by molar-refractivity contribution is -0.129. The Bertz CT molecular complexity index is 757. The summed E-state index contributed by atoms with van der Waals surface area (Å²) in [4.78, 5) is 20.5. The molecule has 2 atom stereocenters. The van der Waals surface area contributed by atoms with Crippen LogP contribution in [0, 0.1) is 5.92 Å². The minimum absolute atomic E-state index is 0.0270. The molecule has 2 aromatic rings. The second-order valence-electron chi connectivity index (χ2n) is 5.67. The van der Waals surface area contributed by atoms with Crippen molar-refractivity contribution in [3.8, 4) is 0 Å². The van der Waals surface area contributed by atoms with E-state index in [0.29, 0.717) is 6.54 Å². The predicted molar refractivity (Wildman–Crippen MR) is 89.3 cm³/mol. The van der Waals surface area contributed by atoms with E-state index in [1.807, 2.05) is 48.2 Å². The number of amides is 1. The molecular weight excluding hydrogens is 292 g/mol. The molecule has 4 rings (SSSR count). The number of para-hydroxylation sites is 1. The van der Waals surface area contributed by atoms with Crippen molar-refractivity contribution in [3.63, 3.8) is 0 Å². The topological polar surface area (TPSA) is 32.7 Å². The lowest BCUT2D eigenvalue weighted by atomic mass is 10.1. The first-order valence-corrected chi connectivity index (χ1v) is 8.31. The SMILES string of the molecule is C[C@@H]1C(=O)N(Cc2ccccc2)C2=Nc3ccccc3S[C@@H]21. The van der Waals surface area contributed by atoms with Gasteiger partial charge in [-0.25, -0.2) is 4.99 Å². The van der Waals surface area contributed by atoms with E-state index >= 15 is 0 Å². The maximum absolute atomic E-state index is 12.7. The van der Waals surface area contributed by atoms with Crippen molar-refractivity contribution in [2.45, 2.75) is 23.6 Å². The molecule has 0 aromatic heterocycles. The number of aliphatic imine (C=N–C) groups is 1.